The van der Waals surface area contributed by atoms with Gasteiger partial charge in [-0.15, -0.1) is 0 Å². The minimum absolute atomic E-state index is 0. The SMILES string of the molecule is CCOC(=O)Nc1ccc(NCc2cc(OC)cc(OC)c2)[nH+]c1N.[Cl-]. The number of carbonyl (C=O) groups is 1. The van der Waals surface area contributed by atoms with Crippen molar-refractivity contribution in [2.75, 3.05) is 37.2 Å². The van der Waals surface area contributed by atoms with Crippen LogP contribution in [0.3, 0.4) is 0 Å². The van der Waals surface area contributed by atoms with E-state index in [2.05, 4.69) is 15.6 Å². The Morgan fingerprint density at radius 3 is 2.35 bits per heavy atom. The molecule has 0 saturated carbocycles. The molecule has 0 fully saturated rings. The maximum absolute atomic E-state index is 11.4. The fraction of sp³-hybridized carbons (Fsp3) is 0.294. The molecule has 2 aromatic rings. The predicted octanol–water partition coefficient (Wildman–Crippen LogP) is -0.715. The highest BCUT2D eigenvalue weighted by atomic mass is 35.5. The van der Waals surface area contributed by atoms with Crippen LogP contribution >= 0.6 is 0 Å². The monoisotopic (exact) mass is 382 g/mol. The third kappa shape index (κ3) is 5.89. The summed E-state index contributed by atoms with van der Waals surface area (Å²) < 4.78 is 15.3. The van der Waals surface area contributed by atoms with Gasteiger partial charge in [-0.3, -0.25) is 5.32 Å². The first-order valence-corrected chi connectivity index (χ1v) is 7.77. The number of anilines is 3. The number of rotatable bonds is 7. The molecule has 0 saturated heterocycles. The van der Waals surface area contributed by atoms with E-state index in [1.54, 1.807) is 33.3 Å². The van der Waals surface area contributed by atoms with Gasteiger partial charge < -0.3 is 37.7 Å². The van der Waals surface area contributed by atoms with E-state index in [-0.39, 0.29) is 12.4 Å². The molecule has 5 N–H and O–H groups in total. The summed E-state index contributed by atoms with van der Waals surface area (Å²) in [6.07, 6.45) is -0.549. The molecule has 1 aromatic heterocycles. The molecule has 0 aliphatic carbocycles. The molecule has 26 heavy (non-hydrogen) atoms. The zero-order chi connectivity index (χ0) is 18.2. The van der Waals surface area contributed by atoms with Crippen molar-refractivity contribution in [3.8, 4) is 11.5 Å². The summed E-state index contributed by atoms with van der Waals surface area (Å²) in [5.41, 5.74) is 7.35. The minimum Gasteiger partial charge on any atom is -1.00 e. The molecule has 142 valence electrons. The van der Waals surface area contributed by atoms with Gasteiger partial charge in [-0.1, -0.05) is 0 Å². The normalized spacial score (nSPS) is 9.65. The molecule has 1 amide bonds. The van der Waals surface area contributed by atoms with E-state index in [4.69, 9.17) is 19.9 Å². The first-order chi connectivity index (χ1) is 12.0. The summed E-state index contributed by atoms with van der Waals surface area (Å²) in [5, 5.41) is 5.78. The maximum Gasteiger partial charge on any atom is 0.411 e. The van der Waals surface area contributed by atoms with Crippen LogP contribution < -0.4 is 43.2 Å². The first-order valence-electron chi connectivity index (χ1n) is 7.77. The van der Waals surface area contributed by atoms with Gasteiger partial charge in [0.05, 0.1) is 27.4 Å². The van der Waals surface area contributed by atoms with Gasteiger partial charge in [0, 0.05) is 12.1 Å². The lowest BCUT2D eigenvalue weighted by atomic mass is 10.2. The lowest BCUT2D eigenvalue weighted by Crippen LogP contribution is -3.00. The maximum atomic E-state index is 11.4. The number of carbonyl (C=O) groups excluding carboxylic acids is 1. The molecule has 1 aromatic carbocycles. The number of nitrogens with one attached hydrogen (secondary N) is 3. The van der Waals surface area contributed by atoms with Gasteiger partial charge in [-0.05, 0) is 30.7 Å². The Labute approximate surface area is 158 Å². The Kier molecular flexibility index (Phi) is 8.30. The van der Waals surface area contributed by atoms with Gasteiger partial charge in [0.15, 0.2) is 0 Å². The summed E-state index contributed by atoms with van der Waals surface area (Å²) in [5.74, 6) is 2.46. The molecule has 1 heterocycles. The van der Waals surface area contributed by atoms with Crippen LogP contribution in [0.15, 0.2) is 30.3 Å². The molecule has 0 unspecified atom stereocenters. The number of H-pyrrole nitrogens is 1. The Bertz CT molecular complexity index is 720. The number of methoxy groups -OCH3 is 2. The number of nitrogen functional groups attached to an aromatic ring is 1. The highest BCUT2D eigenvalue weighted by Gasteiger charge is 2.11. The van der Waals surface area contributed by atoms with Crippen LogP contribution in [0.25, 0.3) is 0 Å². The molecule has 0 aliphatic heterocycles. The molecule has 0 radical (unpaired) electrons. The summed E-state index contributed by atoms with van der Waals surface area (Å²) in [4.78, 5) is 14.4. The van der Waals surface area contributed by atoms with Crippen molar-refractivity contribution in [2.45, 2.75) is 13.5 Å². The molecular formula is C17H23ClN4O4. The van der Waals surface area contributed by atoms with Gasteiger partial charge in [0.1, 0.15) is 17.2 Å². The molecule has 0 aliphatic rings. The lowest BCUT2D eigenvalue weighted by molar-refractivity contribution is -0.342. The van der Waals surface area contributed by atoms with Crippen LogP contribution in [0.5, 0.6) is 11.5 Å². The van der Waals surface area contributed by atoms with Crippen LogP contribution in [0, 0.1) is 0 Å². The first kappa shape index (κ1) is 21.2. The highest BCUT2D eigenvalue weighted by Crippen LogP contribution is 2.23. The van der Waals surface area contributed by atoms with Gasteiger partial charge in [0.25, 0.3) is 0 Å². The number of pyridine rings is 1. The molecule has 0 spiro atoms. The third-order valence-electron chi connectivity index (χ3n) is 3.38. The summed E-state index contributed by atoms with van der Waals surface area (Å²) in [7, 11) is 3.21. The molecule has 8 nitrogen and oxygen atoms in total. The van der Waals surface area contributed by atoms with E-state index >= 15 is 0 Å². The van der Waals surface area contributed by atoms with E-state index in [0.29, 0.717) is 42.0 Å². The van der Waals surface area contributed by atoms with E-state index < -0.39 is 6.09 Å². The average Bonchev–Trinajstić information content (AvgIpc) is 2.61. The van der Waals surface area contributed by atoms with Crippen LogP contribution in [0.1, 0.15) is 12.5 Å². The van der Waals surface area contributed by atoms with Crippen LogP contribution in [0.2, 0.25) is 0 Å². The molecule has 0 atom stereocenters. The van der Waals surface area contributed by atoms with Crippen LogP contribution in [-0.4, -0.2) is 26.9 Å². The molecule has 2 rings (SSSR count). The van der Waals surface area contributed by atoms with Crippen molar-refractivity contribution in [3.63, 3.8) is 0 Å². The van der Waals surface area contributed by atoms with E-state index in [0.717, 1.165) is 5.56 Å². The number of halogens is 1. The zero-order valence-electron chi connectivity index (χ0n) is 14.9. The smallest absolute Gasteiger partial charge is 0.411 e. The fourth-order valence-electron chi connectivity index (χ4n) is 2.17. The van der Waals surface area contributed by atoms with Gasteiger partial charge in [-0.2, -0.15) is 0 Å². The quantitative estimate of drug-likeness (QED) is 0.583. The highest BCUT2D eigenvalue weighted by molar-refractivity contribution is 5.87. The Balaban J connectivity index is 0.00000338. The summed E-state index contributed by atoms with van der Waals surface area (Å²) >= 11 is 0. The van der Waals surface area contributed by atoms with Gasteiger partial charge >= 0.3 is 6.09 Å². The second kappa shape index (κ2) is 10.2. The topological polar surface area (TPSA) is 109 Å². The van der Waals surface area contributed by atoms with E-state index in [9.17, 15) is 4.79 Å². The number of hydrogen-bond donors (Lipinski definition) is 3. The number of nitrogens with two attached hydrogens (primary N) is 1. The van der Waals surface area contributed by atoms with Gasteiger partial charge in [-0.25, -0.2) is 9.78 Å². The van der Waals surface area contributed by atoms with Crippen molar-refractivity contribution < 1.29 is 36.4 Å². The van der Waals surface area contributed by atoms with Gasteiger partial charge in [0.2, 0.25) is 11.6 Å². The Morgan fingerprint density at radius 2 is 1.81 bits per heavy atom. The number of amides is 1. The second-order valence-corrected chi connectivity index (χ2v) is 5.12. The Morgan fingerprint density at radius 1 is 1.15 bits per heavy atom. The summed E-state index contributed by atoms with van der Waals surface area (Å²) in [6.45, 7) is 2.56. The number of ether oxygens (including phenoxy) is 3. The Hall–Kier alpha value is -2.87. The number of benzene rings is 1. The van der Waals surface area contributed by atoms with Crippen LogP contribution in [0.4, 0.5) is 22.1 Å². The average molecular weight is 383 g/mol. The van der Waals surface area contributed by atoms with Crippen molar-refractivity contribution in [1.82, 2.24) is 0 Å². The van der Waals surface area contributed by atoms with Crippen molar-refractivity contribution in [2.24, 2.45) is 0 Å². The van der Waals surface area contributed by atoms with Crippen molar-refractivity contribution >= 4 is 23.4 Å². The third-order valence-corrected chi connectivity index (χ3v) is 3.38. The zero-order valence-corrected chi connectivity index (χ0v) is 15.6. The standard InChI is InChI=1S/C17H22N4O4.ClH/c1-4-25-17(22)20-14-5-6-15(21-16(14)18)19-10-11-7-12(23-2)9-13(8-11)24-3;/h5-9H,4,10H2,1-3H3,(H,20,22)(H3,18,19,21);1H. The van der Waals surface area contributed by atoms with Crippen molar-refractivity contribution in [3.05, 3.63) is 35.9 Å². The second-order valence-electron chi connectivity index (χ2n) is 5.12. The lowest BCUT2D eigenvalue weighted by Gasteiger charge is -2.09. The molecular weight excluding hydrogens is 360 g/mol. The largest absolute Gasteiger partial charge is 1.00 e. The summed E-state index contributed by atoms with van der Waals surface area (Å²) in [6, 6.07) is 9.10. The van der Waals surface area contributed by atoms with E-state index in [1.807, 2.05) is 18.2 Å². The van der Waals surface area contributed by atoms with Crippen molar-refractivity contribution in [1.29, 1.82) is 0 Å². The molecule has 0 bridgehead atoms. The predicted molar refractivity (Wildman–Crippen MR) is 94.9 cm³/mol. The number of hydrogen-bond acceptors (Lipinski definition) is 6. The number of aromatic amines is 1. The van der Waals surface area contributed by atoms with Crippen LogP contribution in [-0.2, 0) is 11.3 Å². The minimum atomic E-state index is -0.549. The number of aromatic nitrogens is 1. The molecule has 9 heteroatoms. The van der Waals surface area contributed by atoms with E-state index in [1.165, 1.54) is 0 Å². The fourth-order valence-corrected chi connectivity index (χ4v) is 2.17.